The first-order valence-corrected chi connectivity index (χ1v) is 12.6. The first-order valence-electron chi connectivity index (χ1n) is 12.2. The number of amides is 2. The van der Waals surface area contributed by atoms with Gasteiger partial charge in [-0.15, -0.1) is 0 Å². The van der Waals surface area contributed by atoms with E-state index in [-0.39, 0.29) is 23.5 Å². The van der Waals surface area contributed by atoms with E-state index in [4.69, 9.17) is 26.4 Å². The normalized spacial score (nSPS) is 13.9. The van der Waals surface area contributed by atoms with Crippen LogP contribution < -0.4 is 29.7 Å². The number of hydrogen-bond acceptors (Lipinski definition) is 6. The Morgan fingerprint density at radius 1 is 0.947 bits per heavy atom. The molecule has 196 valence electrons. The van der Waals surface area contributed by atoms with E-state index in [0.717, 1.165) is 11.3 Å². The van der Waals surface area contributed by atoms with Gasteiger partial charge in [0.2, 0.25) is 0 Å². The average molecular weight is 532 g/mol. The van der Waals surface area contributed by atoms with Gasteiger partial charge in [-0.2, -0.15) is 0 Å². The average Bonchev–Trinajstić information content (AvgIpc) is 3.18. The van der Waals surface area contributed by atoms with Crippen molar-refractivity contribution in [1.29, 1.82) is 0 Å². The molecule has 0 atom stereocenters. The molecule has 9 heteroatoms. The fourth-order valence-electron chi connectivity index (χ4n) is 3.77. The summed E-state index contributed by atoms with van der Waals surface area (Å²) in [5.41, 5.74) is 3.48. The van der Waals surface area contributed by atoms with Gasteiger partial charge in [0.15, 0.2) is 23.2 Å². The van der Waals surface area contributed by atoms with E-state index in [2.05, 4.69) is 10.6 Å². The molecule has 1 aliphatic rings. The summed E-state index contributed by atoms with van der Waals surface area (Å²) >= 11 is 5.42. The number of aryl methyl sites for hydroxylation is 1. The maximum atomic E-state index is 13.1. The Morgan fingerprint density at radius 3 is 2.34 bits per heavy atom. The number of hydrogen-bond donors (Lipinski definition) is 2. The van der Waals surface area contributed by atoms with Gasteiger partial charge in [-0.05, 0) is 93.2 Å². The van der Waals surface area contributed by atoms with Crippen LogP contribution >= 0.6 is 12.2 Å². The Kier molecular flexibility index (Phi) is 8.60. The number of benzene rings is 3. The molecule has 0 aliphatic carbocycles. The van der Waals surface area contributed by atoms with Crippen LogP contribution in [0.4, 0.5) is 11.4 Å². The monoisotopic (exact) mass is 531 g/mol. The number of nitrogens with zero attached hydrogens (tertiary/aromatic N) is 1. The maximum Gasteiger partial charge on any atom is 0.281 e. The summed E-state index contributed by atoms with van der Waals surface area (Å²) in [5.74, 6) is 1.04. The molecule has 3 aromatic carbocycles. The number of anilines is 2. The van der Waals surface area contributed by atoms with Gasteiger partial charge in [-0.1, -0.05) is 23.8 Å². The van der Waals surface area contributed by atoms with Crippen molar-refractivity contribution < 1.29 is 23.8 Å². The molecule has 2 N–H and O–H groups in total. The molecule has 2 amide bonds. The van der Waals surface area contributed by atoms with Gasteiger partial charge in [0.05, 0.1) is 18.9 Å². The van der Waals surface area contributed by atoms with Crippen molar-refractivity contribution in [2.24, 2.45) is 0 Å². The molecule has 0 radical (unpaired) electrons. The first kappa shape index (κ1) is 26.7. The van der Waals surface area contributed by atoms with E-state index in [1.807, 2.05) is 45.0 Å². The number of ether oxygens (including phenoxy) is 3. The lowest BCUT2D eigenvalue weighted by Gasteiger charge is -2.14. The zero-order valence-corrected chi connectivity index (χ0v) is 22.3. The molecule has 0 spiro atoms. The number of thiocarbonyl (C=S) groups is 1. The van der Waals surface area contributed by atoms with Crippen LogP contribution in [0.15, 0.2) is 72.4 Å². The lowest BCUT2D eigenvalue weighted by molar-refractivity contribution is -0.118. The van der Waals surface area contributed by atoms with Crippen LogP contribution in [0.2, 0.25) is 0 Å². The van der Waals surface area contributed by atoms with E-state index >= 15 is 0 Å². The lowest BCUT2D eigenvalue weighted by atomic mass is 10.1. The largest absolute Gasteiger partial charge is 0.494 e. The fourth-order valence-corrected chi connectivity index (χ4v) is 4.07. The maximum absolute atomic E-state index is 13.1. The van der Waals surface area contributed by atoms with E-state index in [0.29, 0.717) is 47.3 Å². The predicted molar refractivity (Wildman–Crippen MR) is 152 cm³/mol. The van der Waals surface area contributed by atoms with Crippen LogP contribution in [0.25, 0.3) is 6.08 Å². The fraction of sp³-hybridized carbons (Fsp3) is 0.207. The van der Waals surface area contributed by atoms with Crippen LogP contribution in [0, 0.1) is 6.92 Å². The van der Waals surface area contributed by atoms with Gasteiger partial charge < -0.3 is 24.8 Å². The molecule has 0 unspecified atom stereocenters. The van der Waals surface area contributed by atoms with Gasteiger partial charge in [0, 0.05) is 5.69 Å². The summed E-state index contributed by atoms with van der Waals surface area (Å²) in [5, 5.41) is 6.08. The van der Waals surface area contributed by atoms with Crippen LogP contribution in [0.1, 0.15) is 25.0 Å². The first-order chi connectivity index (χ1) is 18.4. The van der Waals surface area contributed by atoms with Crippen molar-refractivity contribution in [1.82, 2.24) is 5.32 Å². The highest BCUT2D eigenvalue weighted by molar-refractivity contribution is 7.80. The minimum absolute atomic E-state index is 0.181. The molecule has 3 aromatic rings. The van der Waals surface area contributed by atoms with Crippen molar-refractivity contribution in [2.75, 3.05) is 30.0 Å². The predicted octanol–water partition coefficient (Wildman–Crippen LogP) is 5.07. The summed E-state index contributed by atoms with van der Waals surface area (Å²) in [4.78, 5) is 26.9. The zero-order valence-electron chi connectivity index (χ0n) is 21.4. The summed E-state index contributed by atoms with van der Waals surface area (Å²) in [6, 6.07) is 19.9. The molecule has 0 saturated carbocycles. The number of nitrogens with one attached hydrogen (secondary N) is 2. The van der Waals surface area contributed by atoms with Crippen molar-refractivity contribution in [3.05, 3.63) is 83.6 Å². The molecule has 1 fully saturated rings. The zero-order chi connectivity index (χ0) is 27.1. The molecular formula is C29H29N3O5S. The van der Waals surface area contributed by atoms with Gasteiger partial charge in [-0.3, -0.25) is 14.5 Å². The second-order valence-electron chi connectivity index (χ2n) is 8.40. The molecular weight excluding hydrogens is 502 g/mol. The number of carbonyl (C=O) groups excluding carboxylic acids is 2. The molecule has 0 aromatic heterocycles. The second-order valence-corrected chi connectivity index (χ2v) is 8.78. The highest BCUT2D eigenvalue weighted by Crippen LogP contribution is 2.30. The van der Waals surface area contributed by atoms with Crippen LogP contribution in [-0.4, -0.2) is 36.7 Å². The van der Waals surface area contributed by atoms with Crippen molar-refractivity contribution in [3.63, 3.8) is 0 Å². The summed E-state index contributed by atoms with van der Waals surface area (Å²) in [6.45, 7) is 6.52. The van der Waals surface area contributed by atoms with E-state index in [1.54, 1.807) is 48.5 Å². The highest BCUT2D eigenvalue weighted by Gasteiger charge is 2.32. The molecule has 1 saturated heterocycles. The lowest BCUT2D eigenvalue weighted by Crippen LogP contribution is -2.30. The third-order valence-corrected chi connectivity index (χ3v) is 5.84. The summed E-state index contributed by atoms with van der Waals surface area (Å²) < 4.78 is 16.9. The highest BCUT2D eigenvalue weighted by atomic mass is 32.1. The van der Waals surface area contributed by atoms with Crippen molar-refractivity contribution >= 4 is 46.6 Å². The molecule has 1 aliphatic heterocycles. The molecule has 0 bridgehead atoms. The third kappa shape index (κ3) is 6.49. The number of carbonyl (C=O) groups is 2. The van der Waals surface area contributed by atoms with E-state index in [1.165, 1.54) is 4.90 Å². The SMILES string of the molecule is CCOc1ccc(N2C(=O)/C(=C\c3ccc(OCC(=O)Nc4ccc(C)cc4)c(OCC)c3)NC2=S)cc1. The molecule has 38 heavy (non-hydrogen) atoms. The smallest absolute Gasteiger partial charge is 0.281 e. The van der Waals surface area contributed by atoms with Gasteiger partial charge in [-0.25, -0.2) is 0 Å². The quantitative estimate of drug-likeness (QED) is 0.279. The Bertz CT molecular complexity index is 1350. The minimum atomic E-state index is -0.286. The third-order valence-electron chi connectivity index (χ3n) is 5.56. The molecule has 4 rings (SSSR count). The topological polar surface area (TPSA) is 89.1 Å². The Balaban J connectivity index is 1.45. The van der Waals surface area contributed by atoms with E-state index in [9.17, 15) is 9.59 Å². The standard InChI is InChI=1S/C29H29N3O5S/c1-4-35-23-13-11-22(12-14-23)32-28(34)24(31-29(32)38)16-20-8-15-25(26(17-20)36-5-2)37-18-27(33)30-21-9-6-19(3)7-10-21/h6-17H,4-5,18H2,1-3H3,(H,30,33)(H,31,38)/b24-16+. The Morgan fingerprint density at radius 2 is 1.66 bits per heavy atom. The number of rotatable bonds is 10. The van der Waals surface area contributed by atoms with Gasteiger partial charge in [0.25, 0.3) is 11.8 Å². The summed E-state index contributed by atoms with van der Waals surface area (Å²) in [7, 11) is 0. The minimum Gasteiger partial charge on any atom is -0.494 e. The van der Waals surface area contributed by atoms with Crippen LogP contribution in [0.3, 0.4) is 0 Å². The molecule has 1 heterocycles. The summed E-state index contributed by atoms with van der Waals surface area (Å²) in [6.07, 6.45) is 1.69. The van der Waals surface area contributed by atoms with Crippen molar-refractivity contribution in [2.45, 2.75) is 20.8 Å². The second kappa shape index (κ2) is 12.2. The van der Waals surface area contributed by atoms with Crippen LogP contribution in [-0.2, 0) is 9.59 Å². The van der Waals surface area contributed by atoms with E-state index < -0.39 is 0 Å². The van der Waals surface area contributed by atoms with Gasteiger partial charge >= 0.3 is 0 Å². The van der Waals surface area contributed by atoms with Gasteiger partial charge in [0.1, 0.15) is 11.4 Å². The Hall–Kier alpha value is -4.37. The Labute approximate surface area is 227 Å². The van der Waals surface area contributed by atoms with Crippen molar-refractivity contribution in [3.8, 4) is 17.2 Å². The van der Waals surface area contributed by atoms with Crippen LogP contribution in [0.5, 0.6) is 17.2 Å². The molecule has 8 nitrogen and oxygen atoms in total.